The van der Waals surface area contributed by atoms with Crippen LogP contribution in [0.25, 0.3) is 0 Å². The van der Waals surface area contributed by atoms with Gasteiger partial charge in [-0.3, -0.25) is 4.57 Å². The van der Waals surface area contributed by atoms with Gasteiger partial charge in [0.15, 0.2) is 0 Å². The van der Waals surface area contributed by atoms with Gasteiger partial charge in [-0.1, -0.05) is 0 Å². The molecule has 1 atom stereocenters. The van der Waals surface area contributed by atoms with E-state index in [9.17, 15) is 17.7 Å². The van der Waals surface area contributed by atoms with Gasteiger partial charge in [-0.25, -0.2) is 0 Å². The van der Waals surface area contributed by atoms with E-state index in [1.807, 2.05) is 0 Å². The molecule has 0 heterocycles. The molecule has 0 spiro atoms. The van der Waals surface area contributed by atoms with Crippen LogP contribution in [0.2, 0.25) is 0 Å². The third kappa shape index (κ3) is 4.10. The first-order valence-electron chi connectivity index (χ1n) is 4.30. The van der Waals surface area contributed by atoms with Crippen LogP contribution in [0.4, 0.5) is 13.2 Å². The summed E-state index contributed by atoms with van der Waals surface area (Å²) in [5.41, 5.74) is 0. The smallest absolute Gasteiger partial charge is 0.361 e. The number of halogens is 3. The molecule has 0 aromatic carbocycles. The van der Waals surface area contributed by atoms with E-state index in [0.29, 0.717) is 0 Å². The number of ether oxygens (including phenoxy) is 1. The van der Waals surface area contributed by atoms with Gasteiger partial charge >= 0.3 is 13.8 Å². The van der Waals surface area contributed by atoms with Crippen molar-refractivity contribution >= 4 is 7.60 Å². The highest BCUT2D eigenvalue weighted by Gasteiger charge is 2.54. The molecule has 1 unspecified atom stereocenters. The summed E-state index contributed by atoms with van der Waals surface area (Å²) in [6, 6.07) is 0. The van der Waals surface area contributed by atoms with E-state index in [2.05, 4.69) is 13.8 Å². The summed E-state index contributed by atoms with van der Waals surface area (Å²) in [4.78, 5) is 0. The Balaban J connectivity index is 4.94. The van der Waals surface area contributed by atoms with E-state index in [4.69, 9.17) is 0 Å². The van der Waals surface area contributed by atoms with E-state index < -0.39 is 19.6 Å². The van der Waals surface area contributed by atoms with E-state index in [0.717, 1.165) is 7.11 Å². The van der Waals surface area contributed by atoms with Crippen molar-refractivity contribution in [1.29, 1.82) is 0 Å². The van der Waals surface area contributed by atoms with Gasteiger partial charge in [-0.15, -0.1) is 0 Å². The molecule has 0 aromatic heterocycles. The first-order chi connectivity index (χ1) is 6.81. The fraction of sp³-hybridized carbons (Fsp3) is 1.00. The number of hydrogen-bond acceptors (Lipinski definition) is 4. The molecule has 8 heteroatoms. The molecule has 0 fully saturated rings. The van der Waals surface area contributed by atoms with Gasteiger partial charge in [-0.2, -0.15) is 13.2 Å². The number of rotatable bonds is 6. The maximum absolute atomic E-state index is 12.4. The molecule has 0 rings (SSSR count). The molecule has 0 aliphatic carbocycles. The highest BCUT2D eigenvalue weighted by atomic mass is 31.2. The lowest BCUT2D eigenvalue weighted by Crippen LogP contribution is -2.32. The Morgan fingerprint density at radius 3 is 1.80 bits per heavy atom. The Kier molecular flexibility index (Phi) is 5.80. The fourth-order valence-corrected chi connectivity index (χ4v) is 2.66. The summed E-state index contributed by atoms with van der Waals surface area (Å²) in [5.74, 6) is -2.54. The summed E-state index contributed by atoms with van der Waals surface area (Å²) < 4.78 is 62.1. The number of alkyl halides is 3. The van der Waals surface area contributed by atoms with Crippen LogP contribution in [0.3, 0.4) is 0 Å². The molecule has 4 nitrogen and oxygen atoms in total. The van der Waals surface area contributed by atoms with Crippen LogP contribution >= 0.6 is 7.60 Å². The predicted octanol–water partition coefficient (Wildman–Crippen LogP) is 2.79. The Labute approximate surface area is 86.2 Å². The molecule has 0 saturated carbocycles. The second kappa shape index (κ2) is 5.84. The summed E-state index contributed by atoms with van der Waals surface area (Å²) in [6.07, 6.45) is -4.78. The van der Waals surface area contributed by atoms with Crippen LogP contribution in [0.5, 0.6) is 0 Å². The standard InChI is InChI=1S/C7H14F3O4P/c1-4-13-15(11,14-5-2)6(12-3)7(8,9)10/h6H,4-5H2,1-3H3. The third-order valence-corrected chi connectivity index (χ3v) is 3.72. The van der Waals surface area contributed by atoms with E-state index in [-0.39, 0.29) is 13.2 Å². The first-order valence-corrected chi connectivity index (χ1v) is 5.91. The zero-order valence-corrected chi connectivity index (χ0v) is 9.60. The summed E-state index contributed by atoms with van der Waals surface area (Å²) in [7, 11) is -3.49. The largest absolute Gasteiger partial charge is 0.426 e. The molecule has 0 N–H and O–H groups in total. The zero-order valence-electron chi connectivity index (χ0n) is 8.71. The fourth-order valence-electron chi connectivity index (χ4n) is 0.975. The lowest BCUT2D eigenvalue weighted by atomic mass is 10.7. The number of hydrogen-bond donors (Lipinski definition) is 0. The summed E-state index contributed by atoms with van der Waals surface area (Å²) in [6.45, 7) is 2.56. The van der Waals surface area contributed by atoms with Gasteiger partial charge in [0.05, 0.1) is 13.2 Å². The average Bonchev–Trinajstić information content (AvgIpc) is 2.02. The number of methoxy groups -OCH3 is 1. The molecule has 0 aliphatic heterocycles. The van der Waals surface area contributed by atoms with E-state index >= 15 is 0 Å². The lowest BCUT2D eigenvalue weighted by Gasteiger charge is -2.26. The molecule has 15 heavy (non-hydrogen) atoms. The summed E-state index contributed by atoms with van der Waals surface area (Å²) in [5, 5.41) is 0. The quantitative estimate of drug-likeness (QED) is 0.680. The minimum absolute atomic E-state index is 0.146. The third-order valence-electron chi connectivity index (χ3n) is 1.41. The summed E-state index contributed by atoms with van der Waals surface area (Å²) >= 11 is 0. The van der Waals surface area contributed by atoms with Gasteiger partial charge in [-0.05, 0) is 13.8 Å². The minimum atomic E-state index is -4.78. The molecule has 0 radical (unpaired) electrons. The van der Waals surface area contributed by atoms with Crippen molar-refractivity contribution in [2.75, 3.05) is 20.3 Å². The predicted molar refractivity (Wildman–Crippen MR) is 47.7 cm³/mol. The van der Waals surface area contributed by atoms with Crippen molar-refractivity contribution < 1.29 is 31.5 Å². The molecule has 0 saturated heterocycles. The van der Waals surface area contributed by atoms with Crippen molar-refractivity contribution in [3.05, 3.63) is 0 Å². The molecule has 92 valence electrons. The first kappa shape index (κ1) is 14.9. The van der Waals surface area contributed by atoms with Crippen LogP contribution < -0.4 is 0 Å². The second-order valence-corrected chi connectivity index (χ2v) is 4.57. The van der Waals surface area contributed by atoms with Crippen molar-refractivity contribution in [3.8, 4) is 0 Å². The van der Waals surface area contributed by atoms with Crippen molar-refractivity contribution in [2.45, 2.75) is 25.9 Å². The van der Waals surface area contributed by atoms with Crippen molar-refractivity contribution in [2.24, 2.45) is 0 Å². The zero-order chi connectivity index (χ0) is 12.1. The Bertz CT molecular complexity index is 221. The molecular formula is C7H14F3O4P. The van der Waals surface area contributed by atoms with Gasteiger partial charge in [0, 0.05) is 7.11 Å². The topological polar surface area (TPSA) is 44.8 Å². The SMILES string of the molecule is CCOP(=O)(OCC)C(OC)C(F)(F)F. The van der Waals surface area contributed by atoms with E-state index in [1.54, 1.807) is 0 Å². The normalized spacial score (nSPS) is 15.3. The highest BCUT2D eigenvalue weighted by molar-refractivity contribution is 7.54. The molecule has 0 aromatic rings. The van der Waals surface area contributed by atoms with Crippen LogP contribution in [-0.2, 0) is 18.3 Å². The molecular weight excluding hydrogens is 236 g/mol. The van der Waals surface area contributed by atoms with Crippen LogP contribution in [0.1, 0.15) is 13.8 Å². The van der Waals surface area contributed by atoms with Gasteiger partial charge in [0.2, 0.25) is 0 Å². The molecule has 0 bridgehead atoms. The second-order valence-electron chi connectivity index (χ2n) is 2.51. The minimum Gasteiger partial charge on any atom is -0.361 e. The van der Waals surface area contributed by atoms with E-state index in [1.165, 1.54) is 13.8 Å². The lowest BCUT2D eigenvalue weighted by molar-refractivity contribution is -0.190. The van der Waals surface area contributed by atoms with Gasteiger partial charge < -0.3 is 13.8 Å². The van der Waals surface area contributed by atoms with Gasteiger partial charge in [0.1, 0.15) is 0 Å². The monoisotopic (exact) mass is 250 g/mol. The Hall–Kier alpha value is -0.100. The maximum atomic E-state index is 12.4. The van der Waals surface area contributed by atoms with Crippen LogP contribution in [0, 0.1) is 0 Å². The average molecular weight is 250 g/mol. The molecule has 0 aliphatic rings. The molecule has 0 amide bonds. The maximum Gasteiger partial charge on any atom is 0.426 e. The van der Waals surface area contributed by atoms with Crippen LogP contribution in [-0.4, -0.2) is 32.3 Å². The van der Waals surface area contributed by atoms with Crippen molar-refractivity contribution in [3.63, 3.8) is 0 Å². The van der Waals surface area contributed by atoms with Gasteiger partial charge in [0.25, 0.3) is 5.85 Å². The Morgan fingerprint density at radius 1 is 1.20 bits per heavy atom. The highest BCUT2D eigenvalue weighted by Crippen LogP contribution is 2.58. The Morgan fingerprint density at radius 2 is 1.60 bits per heavy atom. The van der Waals surface area contributed by atoms with Crippen LogP contribution in [0.15, 0.2) is 0 Å². The van der Waals surface area contributed by atoms with Crippen molar-refractivity contribution in [1.82, 2.24) is 0 Å².